The molecule has 0 amide bonds. The lowest BCUT2D eigenvalue weighted by Gasteiger charge is -2.40. The quantitative estimate of drug-likeness (QED) is 0.253. The predicted molar refractivity (Wildman–Crippen MR) is 77.2 cm³/mol. The largest absolute Gasteiger partial charge is 0.394 e. The normalized spacial score (nSPS) is 46.6. The highest BCUT2D eigenvalue weighted by atomic mass is 16.6. The second-order valence-electron chi connectivity index (χ2n) is 6.46. The molecule has 1 unspecified atom stereocenters. The monoisotopic (exact) mass is 337 g/mol. The number of hydrogen-bond donors (Lipinski definition) is 8. The third-order valence-corrected chi connectivity index (χ3v) is 4.67. The number of aliphatic hydroxyl groups excluding tert-OH is 7. The Morgan fingerprint density at radius 1 is 0.957 bits per heavy atom. The molecule has 136 valence electrons. The van der Waals surface area contributed by atoms with Crippen molar-refractivity contribution in [1.29, 1.82) is 0 Å². The minimum Gasteiger partial charge on any atom is -0.394 e. The van der Waals surface area contributed by atoms with Crippen molar-refractivity contribution in [2.45, 2.75) is 80.7 Å². The van der Waals surface area contributed by atoms with Crippen LogP contribution in [-0.2, 0) is 4.74 Å². The van der Waals surface area contributed by atoms with Gasteiger partial charge in [0.15, 0.2) is 6.29 Å². The molecular formula is C14H27NO8. The van der Waals surface area contributed by atoms with E-state index >= 15 is 0 Å². The van der Waals surface area contributed by atoms with Crippen molar-refractivity contribution >= 4 is 0 Å². The summed E-state index contributed by atoms with van der Waals surface area (Å²) >= 11 is 0. The molecule has 2 heterocycles. The van der Waals surface area contributed by atoms with E-state index in [2.05, 4.69) is 5.32 Å². The highest BCUT2D eigenvalue weighted by Crippen LogP contribution is 2.25. The molecule has 2 rings (SSSR count). The SMILES string of the molecule is OC[C@@H](O)[C@H]1C[C@@H](O)C[C@@H](CC[C@@H]2OC(O)[C@@H](O)[C@H](O)[C@@H]2O)N1. The molecule has 8 N–H and O–H groups in total. The van der Waals surface area contributed by atoms with Crippen molar-refractivity contribution in [2.75, 3.05) is 6.61 Å². The summed E-state index contributed by atoms with van der Waals surface area (Å²) in [7, 11) is 0. The zero-order valence-electron chi connectivity index (χ0n) is 12.8. The molecule has 0 aromatic carbocycles. The Kier molecular flexibility index (Phi) is 6.72. The number of nitrogens with one attached hydrogen (secondary N) is 1. The molecule has 9 nitrogen and oxygen atoms in total. The summed E-state index contributed by atoms with van der Waals surface area (Å²) in [5.41, 5.74) is 0. The molecule has 0 radical (unpaired) electrons. The lowest BCUT2D eigenvalue weighted by Crippen LogP contribution is -2.58. The van der Waals surface area contributed by atoms with Gasteiger partial charge in [0.1, 0.15) is 18.3 Å². The minimum atomic E-state index is -1.56. The first-order chi connectivity index (χ1) is 10.8. The van der Waals surface area contributed by atoms with E-state index in [1.165, 1.54) is 0 Å². The molecule has 0 aromatic rings. The molecule has 2 aliphatic rings. The van der Waals surface area contributed by atoms with Crippen LogP contribution in [0.4, 0.5) is 0 Å². The van der Waals surface area contributed by atoms with Crippen LogP contribution in [0.1, 0.15) is 25.7 Å². The van der Waals surface area contributed by atoms with Gasteiger partial charge in [-0.2, -0.15) is 0 Å². The van der Waals surface area contributed by atoms with Crippen molar-refractivity contribution in [2.24, 2.45) is 0 Å². The smallest absolute Gasteiger partial charge is 0.183 e. The fraction of sp³-hybridized carbons (Fsp3) is 1.00. The zero-order chi connectivity index (χ0) is 17.1. The Morgan fingerprint density at radius 3 is 2.30 bits per heavy atom. The highest BCUT2D eigenvalue weighted by molar-refractivity contribution is 4.92. The van der Waals surface area contributed by atoms with Gasteiger partial charge in [-0.25, -0.2) is 0 Å². The lowest BCUT2D eigenvalue weighted by atomic mass is 9.88. The number of hydrogen-bond acceptors (Lipinski definition) is 9. The summed E-state index contributed by atoms with van der Waals surface area (Å²) in [5, 5.41) is 70.2. The van der Waals surface area contributed by atoms with Crippen molar-refractivity contribution in [1.82, 2.24) is 5.32 Å². The van der Waals surface area contributed by atoms with E-state index in [0.717, 1.165) is 0 Å². The van der Waals surface area contributed by atoms with Crippen LogP contribution >= 0.6 is 0 Å². The first kappa shape index (κ1) is 19.0. The molecule has 0 bridgehead atoms. The summed E-state index contributed by atoms with van der Waals surface area (Å²) in [4.78, 5) is 0. The summed E-state index contributed by atoms with van der Waals surface area (Å²) < 4.78 is 5.11. The van der Waals surface area contributed by atoms with Gasteiger partial charge in [0.05, 0.1) is 24.9 Å². The Labute approximate surface area is 134 Å². The standard InChI is InChI=1S/C14H27NO8/c16-5-9(18)8-4-7(17)3-6(15-8)1-2-10-11(19)12(20)13(21)14(22)23-10/h6-22H,1-5H2/t6-,7+,8-,9-,10+,11-,12-,13+,14?/m1/s1. The van der Waals surface area contributed by atoms with Gasteiger partial charge in [0.25, 0.3) is 0 Å². The second kappa shape index (κ2) is 8.15. The van der Waals surface area contributed by atoms with Gasteiger partial charge in [-0.05, 0) is 25.7 Å². The van der Waals surface area contributed by atoms with Crippen LogP contribution in [0.25, 0.3) is 0 Å². The van der Waals surface area contributed by atoms with E-state index in [1.54, 1.807) is 0 Å². The summed E-state index contributed by atoms with van der Waals surface area (Å²) in [5.74, 6) is 0. The van der Waals surface area contributed by atoms with Gasteiger partial charge >= 0.3 is 0 Å². The molecule has 2 aliphatic heterocycles. The average Bonchev–Trinajstić information content (AvgIpc) is 2.53. The first-order valence-corrected chi connectivity index (χ1v) is 7.94. The van der Waals surface area contributed by atoms with Crippen LogP contribution in [0.15, 0.2) is 0 Å². The van der Waals surface area contributed by atoms with Crippen LogP contribution in [0.3, 0.4) is 0 Å². The number of ether oxygens (including phenoxy) is 1. The van der Waals surface area contributed by atoms with Gasteiger partial charge in [-0.3, -0.25) is 0 Å². The van der Waals surface area contributed by atoms with Gasteiger partial charge in [-0.15, -0.1) is 0 Å². The van der Waals surface area contributed by atoms with Gasteiger partial charge in [0, 0.05) is 12.1 Å². The van der Waals surface area contributed by atoms with Crippen LogP contribution in [0.5, 0.6) is 0 Å². The number of rotatable bonds is 5. The molecule has 2 fully saturated rings. The van der Waals surface area contributed by atoms with E-state index in [0.29, 0.717) is 19.3 Å². The Morgan fingerprint density at radius 2 is 1.65 bits per heavy atom. The summed E-state index contributed by atoms with van der Waals surface area (Å²) in [6, 6.07) is -0.592. The van der Waals surface area contributed by atoms with Crippen molar-refractivity contribution < 1.29 is 40.5 Å². The number of aliphatic hydroxyl groups is 7. The second-order valence-corrected chi connectivity index (χ2v) is 6.46. The Hall–Kier alpha value is -0.360. The third kappa shape index (κ3) is 4.59. The van der Waals surface area contributed by atoms with Crippen molar-refractivity contribution in [3.8, 4) is 0 Å². The molecule has 2 saturated heterocycles. The Balaban J connectivity index is 1.87. The third-order valence-electron chi connectivity index (χ3n) is 4.67. The van der Waals surface area contributed by atoms with E-state index in [4.69, 9.17) is 9.84 Å². The predicted octanol–water partition coefficient (Wildman–Crippen LogP) is -3.60. The maximum atomic E-state index is 9.90. The average molecular weight is 337 g/mol. The molecule has 0 spiro atoms. The first-order valence-electron chi connectivity index (χ1n) is 7.94. The maximum absolute atomic E-state index is 9.90. The molecule has 0 aliphatic carbocycles. The zero-order valence-corrected chi connectivity index (χ0v) is 12.8. The molecule has 23 heavy (non-hydrogen) atoms. The molecule has 0 aromatic heterocycles. The van der Waals surface area contributed by atoms with Gasteiger partial charge in [-0.1, -0.05) is 0 Å². The van der Waals surface area contributed by atoms with E-state index in [1.807, 2.05) is 0 Å². The van der Waals surface area contributed by atoms with Crippen LogP contribution < -0.4 is 5.32 Å². The summed E-state index contributed by atoms with van der Waals surface area (Å²) in [6.07, 6.45) is -6.81. The fourth-order valence-corrected chi connectivity index (χ4v) is 3.29. The molecule has 9 atom stereocenters. The summed E-state index contributed by atoms with van der Waals surface area (Å²) in [6.45, 7) is -0.405. The van der Waals surface area contributed by atoms with Crippen molar-refractivity contribution in [3.63, 3.8) is 0 Å². The van der Waals surface area contributed by atoms with E-state index in [-0.39, 0.29) is 12.5 Å². The van der Waals surface area contributed by atoms with Crippen molar-refractivity contribution in [3.05, 3.63) is 0 Å². The fourth-order valence-electron chi connectivity index (χ4n) is 3.29. The maximum Gasteiger partial charge on any atom is 0.183 e. The van der Waals surface area contributed by atoms with E-state index < -0.39 is 55.6 Å². The highest BCUT2D eigenvalue weighted by Gasteiger charge is 2.43. The Bertz CT molecular complexity index is 373. The van der Waals surface area contributed by atoms with Gasteiger partial charge in [0.2, 0.25) is 0 Å². The van der Waals surface area contributed by atoms with Crippen LogP contribution in [0, 0.1) is 0 Å². The van der Waals surface area contributed by atoms with Crippen LogP contribution in [-0.4, -0.2) is 97.4 Å². The molecule has 0 saturated carbocycles. The minimum absolute atomic E-state index is 0.165. The van der Waals surface area contributed by atoms with Gasteiger partial charge < -0.3 is 45.8 Å². The lowest BCUT2D eigenvalue weighted by molar-refractivity contribution is -0.283. The van der Waals surface area contributed by atoms with Crippen LogP contribution in [0.2, 0.25) is 0 Å². The molecular weight excluding hydrogens is 310 g/mol. The van der Waals surface area contributed by atoms with E-state index in [9.17, 15) is 30.6 Å². The number of piperidine rings is 1. The molecule has 9 heteroatoms. The topological polar surface area (TPSA) is 163 Å².